The molecule has 0 amide bonds. The van der Waals surface area contributed by atoms with Gasteiger partial charge in [0, 0.05) is 5.56 Å². The maximum absolute atomic E-state index is 12.2. The first kappa shape index (κ1) is 12.6. The third-order valence-electron chi connectivity index (χ3n) is 2.19. The van der Waals surface area contributed by atoms with E-state index in [2.05, 4.69) is 4.74 Å². The molecule has 0 spiro atoms. The van der Waals surface area contributed by atoms with Crippen LogP contribution >= 0.6 is 0 Å². The highest BCUT2D eigenvalue weighted by Gasteiger charge is 2.14. The van der Waals surface area contributed by atoms with Crippen LogP contribution in [0.15, 0.2) is 24.3 Å². The van der Waals surface area contributed by atoms with Crippen molar-refractivity contribution in [2.45, 2.75) is 18.9 Å². The lowest BCUT2D eigenvalue weighted by atomic mass is 10.0. The van der Waals surface area contributed by atoms with E-state index in [-0.39, 0.29) is 12.0 Å². The Hall–Kier alpha value is -1.49. The second-order valence-electron chi connectivity index (χ2n) is 3.38. The van der Waals surface area contributed by atoms with Crippen molar-refractivity contribution in [1.29, 1.82) is 0 Å². The van der Waals surface area contributed by atoms with Crippen LogP contribution in [0.3, 0.4) is 0 Å². The molecule has 1 atom stereocenters. The minimum Gasteiger partial charge on any atom is -0.468 e. The number of nitrogens with two attached hydrogens (primary N) is 1. The van der Waals surface area contributed by atoms with Crippen molar-refractivity contribution in [2.75, 3.05) is 7.11 Å². The Morgan fingerprint density at radius 1 is 1.38 bits per heavy atom. The van der Waals surface area contributed by atoms with Gasteiger partial charge in [0.25, 0.3) is 6.43 Å². The third kappa shape index (κ3) is 3.27. The lowest BCUT2D eigenvalue weighted by molar-refractivity contribution is -0.142. The molecular formula is C11H13F2NO2. The maximum Gasteiger partial charge on any atom is 0.322 e. The minimum atomic E-state index is -2.48. The Morgan fingerprint density at radius 2 is 1.94 bits per heavy atom. The van der Waals surface area contributed by atoms with Crippen LogP contribution in [0.5, 0.6) is 0 Å². The molecule has 5 heteroatoms. The average Bonchev–Trinajstić information content (AvgIpc) is 2.28. The van der Waals surface area contributed by atoms with Crippen molar-refractivity contribution >= 4 is 5.97 Å². The zero-order valence-electron chi connectivity index (χ0n) is 8.82. The highest BCUT2D eigenvalue weighted by molar-refractivity contribution is 5.75. The predicted molar refractivity (Wildman–Crippen MR) is 55.1 cm³/mol. The number of alkyl halides is 2. The first-order valence-electron chi connectivity index (χ1n) is 4.75. The zero-order valence-corrected chi connectivity index (χ0v) is 8.82. The average molecular weight is 229 g/mol. The number of carbonyl (C=O) groups excluding carboxylic acids is 1. The number of hydrogen-bond acceptors (Lipinski definition) is 3. The predicted octanol–water partition coefficient (Wildman–Crippen LogP) is 1.67. The summed E-state index contributed by atoms with van der Waals surface area (Å²) in [6, 6.07) is 4.95. The molecule has 3 nitrogen and oxygen atoms in total. The molecule has 0 saturated heterocycles. The summed E-state index contributed by atoms with van der Waals surface area (Å²) < 4.78 is 29.0. The van der Waals surface area contributed by atoms with Crippen LogP contribution in [0.2, 0.25) is 0 Å². The number of methoxy groups -OCH3 is 1. The van der Waals surface area contributed by atoms with Crippen molar-refractivity contribution < 1.29 is 18.3 Å². The third-order valence-corrected chi connectivity index (χ3v) is 2.19. The van der Waals surface area contributed by atoms with Crippen molar-refractivity contribution in [1.82, 2.24) is 0 Å². The van der Waals surface area contributed by atoms with Gasteiger partial charge in [-0.2, -0.15) is 0 Å². The molecule has 0 aliphatic heterocycles. The van der Waals surface area contributed by atoms with Crippen LogP contribution in [0, 0.1) is 0 Å². The van der Waals surface area contributed by atoms with Crippen molar-refractivity contribution in [3.63, 3.8) is 0 Å². The van der Waals surface area contributed by atoms with Gasteiger partial charge in [-0.05, 0) is 12.0 Å². The number of rotatable bonds is 4. The highest BCUT2D eigenvalue weighted by atomic mass is 19.3. The fraction of sp³-hybridized carbons (Fsp3) is 0.364. The molecule has 0 aliphatic rings. The van der Waals surface area contributed by atoms with Gasteiger partial charge in [-0.25, -0.2) is 8.78 Å². The lowest BCUT2D eigenvalue weighted by Gasteiger charge is -2.09. The van der Waals surface area contributed by atoms with E-state index >= 15 is 0 Å². The molecule has 0 heterocycles. The van der Waals surface area contributed by atoms with E-state index in [0.717, 1.165) is 5.56 Å². The molecule has 1 aromatic rings. The van der Waals surface area contributed by atoms with Gasteiger partial charge in [-0.15, -0.1) is 0 Å². The molecule has 16 heavy (non-hydrogen) atoms. The summed E-state index contributed by atoms with van der Waals surface area (Å²) in [5.41, 5.74) is 6.21. The Labute approximate surface area is 92.2 Å². The fourth-order valence-corrected chi connectivity index (χ4v) is 1.29. The molecule has 1 rings (SSSR count). The molecule has 0 saturated carbocycles. The Morgan fingerprint density at radius 3 is 2.38 bits per heavy atom. The molecule has 0 aliphatic carbocycles. The van der Waals surface area contributed by atoms with E-state index in [4.69, 9.17) is 5.73 Å². The van der Waals surface area contributed by atoms with Crippen LogP contribution in [-0.2, 0) is 16.0 Å². The van der Waals surface area contributed by atoms with Crippen LogP contribution < -0.4 is 5.73 Å². The van der Waals surface area contributed by atoms with Crippen molar-refractivity contribution in [3.8, 4) is 0 Å². The largest absolute Gasteiger partial charge is 0.468 e. The van der Waals surface area contributed by atoms with Gasteiger partial charge in [0.05, 0.1) is 7.11 Å². The first-order valence-corrected chi connectivity index (χ1v) is 4.75. The molecular weight excluding hydrogens is 216 g/mol. The molecule has 0 radical (unpaired) electrons. The summed E-state index contributed by atoms with van der Waals surface area (Å²) in [7, 11) is 1.25. The molecule has 0 aromatic heterocycles. The van der Waals surface area contributed by atoms with E-state index in [9.17, 15) is 13.6 Å². The minimum absolute atomic E-state index is 0.0459. The Balaban J connectivity index is 2.65. The first-order chi connectivity index (χ1) is 7.54. The Bertz CT molecular complexity index is 352. The quantitative estimate of drug-likeness (QED) is 0.799. The van der Waals surface area contributed by atoms with Crippen LogP contribution in [0.1, 0.15) is 17.6 Å². The van der Waals surface area contributed by atoms with Crippen LogP contribution in [0.4, 0.5) is 8.78 Å². The van der Waals surface area contributed by atoms with Crippen LogP contribution in [0.25, 0.3) is 0 Å². The van der Waals surface area contributed by atoms with E-state index in [1.165, 1.54) is 31.4 Å². The topological polar surface area (TPSA) is 52.3 Å². The van der Waals surface area contributed by atoms with E-state index in [1.54, 1.807) is 0 Å². The number of carbonyl (C=O) groups is 1. The van der Waals surface area contributed by atoms with Gasteiger partial charge in [0.15, 0.2) is 0 Å². The molecule has 0 unspecified atom stereocenters. The summed E-state index contributed by atoms with van der Waals surface area (Å²) in [5, 5.41) is 0. The molecule has 1 aromatic carbocycles. The van der Waals surface area contributed by atoms with Gasteiger partial charge in [-0.1, -0.05) is 24.3 Å². The number of esters is 1. The van der Waals surface area contributed by atoms with Gasteiger partial charge in [0.2, 0.25) is 0 Å². The summed E-state index contributed by atoms with van der Waals surface area (Å²) in [4.78, 5) is 11.0. The number of benzene rings is 1. The van der Waals surface area contributed by atoms with Crippen molar-refractivity contribution in [2.24, 2.45) is 5.73 Å². The standard InChI is InChI=1S/C11H13F2NO2/c1-16-11(15)9(14)6-7-2-4-8(5-3-7)10(12)13/h2-5,9-10H,6,14H2,1H3/t9-/m0/s1. The van der Waals surface area contributed by atoms with E-state index in [1.807, 2.05) is 0 Å². The monoisotopic (exact) mass is 229 g/mol. The van der Waals surface area contributed by atoms with Crippen molar-refractivity contribution in [3.05, 3.63) is 35.4 Å². The molecule has 0 fully saturated rings. The maximum atomic E-state index is 12.2. The summed E-state index contributed by atoms with van der Waals surface area (Å²) in [5.74, 6) is -0.516. The number of hydrogen-bond donors (Lipinski definition) is 1. The number of halogens is 2. The SMILES string of the molecule is COC(=O)[C@@H](N)Cc1ccc(C(F)F)cc1. The summed E-state index contributed by atoms with van der Waals surface area (Å²) >= 11 is 0. The van der Waals surface area contributed by atoms with E-state index < -0.39 is 18.4 Å². The highest BCUT2D eigenvalue weighted by Crippen LogP contribution is 2.19. The lowest BCUT2D eigenvalue weighted by Crippen LogP contribution is -2.33. The molecule has 0 bridgehead atoms. The van der Waals surface area contributed by atoms with Gasteiger partial charge < -0.3 is 10.5 Å². The van der Waals surface area contributed by atoms with Gasteiger partial charge in [0.1, 0.15) is 6.04 Å². The number of ether oxygens (including phenoxy) is 1. The summed E-state index contributed by atoms with van der Waals surface area (Å²) in [6.07, 6.45) is -2.21. The summed E-state index contributed by atoms with van der Waals surface area (Å²) in [6.45, 7) is 0. The van der Waals surface area contributed by atoms with Gasteiger partial charge in [-0.3, -0.25) is 4.79 Å². The van der Waals surface area contributed by atoms with E-state index in [0.29, 0.717) is 0 Å². The van der Waals surface area contributed by atoms with Gasteiger partial charge >= 0.3 is 5.97 Å². The molecule has 2 N–H and O–H groups in total. The van der Waals surface area contributed by atoms with Crippen LogP contribution in [-0.4, -0.2) is 19.1 Å². The zero-order chi connectivity index (χ0) is 12.1. The fourth-order valence-electron chi connectivity index (χ4n) is 1.29. The Kier molecular flexibility index (Phi) is 4.37. The normalized spacial score (nSPS) is 12.6. The second-order valence-corrected chi connectivity index (χ2v) is 3.38. The molecule has 88 valence electrons. The smallest absolute Gasteiger partial charge is 0.322 e. The second kappa shape index (κ2) is 5.55.